The maximum absolute atomic E-state index is 13.4. The smallest absolute Gasteiger partial charge is 0.276 e. The molecule has 1 saturated heterocycles. The molecule has 1 aromatic carbocycles. The molecule has 29 heavy (non-hydrogen) atoms. The molecule has 1 amide bonds. The summed E-state index contributed by atoms with van der Waals surface area (Å²) in [4.78, 5) is 17.2. The number of allylic oxidation sites excluding steroid dienone is 1. The fraction of sp³-hybridized carbons (Fsp3) is 0.278. The largest absolute Gasteiger partial charge is 0.566 e. The van der Waals surface area contributed by atoms with E-state index in [0.29, 0.717) is 23.0 Å². The number of carbonyl (C=O) groups is 1. The minimum atomic E-state index is -1.81. The average molecular weight is 455 g/mol. The number of hydrogen-bond donors (Lipinski definition) is 1. The van der Waals surface area contributed by atoms with E-state index < -0.39 is 23.3 Å². The molecule has 0 aliphatic carbocycles. The van der Waals surface area contributed by atoms with Crippen LogP contribution in [0.5, 0.6) is 0 Å². The Balaban J connectivity index is 1.62. The Hall–Kier alpha value is -1.98. The van der Waals surface area contributed by atoms with Crippen molar-refractivity contribution in [1.29, 1.82) is 0 Å². The summed E-state index contributed by atoms with van der Waals surface area (Å²) >= 11 is 5.32. The van der Waals surface area contributed by atoms with Crippen LogP contribution in [0.25, 0.3) is 0 Å². The predicted octanol–water partition coefficient (Wildman–Crippen LogP) is 3.32. The van der Waals surface area contributed by atoms with Crippen molar-refractivity contribution in [3.8, 4) is 0 Å². The van der Waals surface area contributed by atoms with Crippen molar-refractivity contribution in [2.45, 2.75) is 18.9 Å². The van der Waals surface area contributed by atoms with E-state index in [1.807, 2.05) is 0 Å². The number of nitrogens with one attached hydrogen (secondary N) is 1. The summed E-state index contributed by atoms with van der Waals surface area (Å²) in [5.74, 6) is -1.09. The summed E-state index contributed by atoms with van der Waals surface area (Å²) < 4.78 is 37.5. The topological polar surface area (TPSA) is 89.9 Å². The summed E-state index contributed by atoms with van der Waals surface area (Å²) in [6.45, 7) is 0.906. The highest BCUT2D eigenvalue weighted by atomic mass is 35.5. The first-order valence-corrected chi connectivity index (χ1v) is 11.1. The second-order valence-electron chi connectivity index (χ2n) is 6.35. The number of hydrogen-bond acceptors (Lipinski definition) is 7. The fourth-order valence-electron chi connectivity index (χ4n) is 2.98. The van der Waals surface area contributed by atoms with Gasteiger partial charge < -0.3 is 14.6 Å². The molecule has 7 nitrogen and oxygen atoms in total. The Labute approximate surface area is 178 Å². The fourth-order valence-corrected chi connectivity index (χ4v) is 4.82. The van der Waals surface area contributed by atoms with Crippen LogP contribution >= 0.6 is 22.9 Å². The highest BCUT2D eigenvalue weighted by molar-refractivity contribution is 7.88. The minimum absolute atomic E-state index is 0.106. The lowest BCUT2D eigenvalue weighted by molar-refractivity contribution is -0.113. The maximum atomic E-state index is 13.4. The van der Waals surface area contributed by atoms with Crippen LogP contribution in [-0.2, 0) is 21.1 Å². The molecular weight excluding hydrogens is 439 g/mol. The van der Waals surface area contributed by atoms with Gasteiger partial charge in [0.15, 0.2) is 11.4 Å². The lowest BCUT2D eigenvalue weighted by Crippen LogP contribution is -2.42. The van der Waals surface area contributed by atoms with Crippen LogP contribution in [0.2, 0.25) is 5.02 Å². The summed E-state index contributed by atoms with van der Waals surface area (Å²) in [6.07, 6.45) is 4.76. The number of carbonyl (C=O) groups excluding carboxylic acids is 1. The first-order chi connectivity index (χ1) is 14.0. The first kappa shape index (κ1) is 20.3. The SMILES string of the molecule is O=C(Nc1ccc(F)c(Cl)c1)C1=CC(c2nccs2)=N[S+]([O-])N1CC1CCCO1. The molecule has 3 heterocycles. The van der Waals surface area contributed by atoms with Crippen LogP contribution < -0.4 is 5.32 Å². The highest BCUT2D eigenvalue weighted by Gasteiger charge is 2.36. The molecule has 0 saturated carbocycles. The standard InChI is InChI=1S/C18H16ClFN4O3S2/c19-13-8-11(3-4-14(13)20)22-17(25)16-9-15(18-21-5-7-28-18)23-29(26)24(16)10-12-2-1-6-27-12/h3-5,7-9,12H,1-2,6,10H2,(H,22,25). The van der Waals surface area contributed by atoms with Gasteiger partial charge in [0.2, 0.25) is 11.5 Å². The Kier molecular flexibility index (Phi) is 6.16. The van der Waals surface area contributed by atoms with Gasteiger partial charge in [0.25, 0.3) is 5.91 Å². The van der Waals surface area contributed by atoms with Gasteiger partial charge in [0, 0.05) is 29.9 Å². The van der Waals surface area contributed by atoms with E-state index in [4.69, 9.17) is 16.3 Å². The molecule has 11 heteroatoms. The van der Waals surface area contributed by atoms with Gasteiger partial charge >= 0.3 is 0 Å². The molecule has 4 rings (SSSR count). The first-order valence-electron chi connectivity index (χ1n) is 8.79. The molecular formula is C18H16ClFN4O3S2. The molecule has 2 atom stereocenters. The van der Waals surface area contributed by atoms with Crippen molar-refractivity contribution in [3.63, 3.8) is 0 Å². The van der Waals surface area contributed by atoms with E-state index >= 15 is 0 Å². The number of aromatic nitrogens is 1. The zero-order chi connectivity index (χ0) is 20.4. The van der Waals surface area contributed by atoms with Crippen LogP contribution in [0, 0.1) is 5.82 Å². The van der Waals surface area contributed by atoms with Gasteiger partial charge in [-0.3, -0.25) is 4.79 Å². The average Bonchev–Trinajstić information content (AvgIpc) is 3.40. The third-order valence-corrected chi connectivity index (χ3v) is 6.52. The van der Waals surface area contributed by atoms with E-state index in [9.17, 15) is 13.7 Å². The second-order valence-corrected chi connectivity index (χ2v) is 8.74. The van der Waals surface area contributed by atoms with Crippen molar-refractivity contribution in [2.75, 3.05) is 18.5 Å². The van der Waals surface area contributed by atoms with Gasteiger partial charge in [-0.1, -0.05) is 11.6 Å². The van der Waals surface area contributed by atoms with E-state index in [-0.39, 0.29) is 23.4 Å². The van der Waals surface area contributed by atoms with Gasteiger partial charge in [0.1, 0.15) is 10.8 Å². The number of rotatable bonds is 5. The molecule has 2 aliphatic rings. The number of anilines is 1. The highest BCUT2D eigenvalue weighted by Crippen LogP contribution is 2.27. The predicted molar refractivity (Wildman–Crippen MR) is 111 cm³/mol. The molecule has 0 radical (unpaired) electrons. The van der Waals surface area contributed by atoms with Gasteiger partial charge in [-0.2, -0.15) is 4.31 Å². The van der Waals surface area contributed by atoms with Gasteiger partial charge in [-0.05, 0) is 35.4 Å². The molecule has 1 fully saturated rings. The third kappa shape index (κ3) is 4.62. The van der Waals surface area contributed by atoms with Crippen molar-refractivity contribution in [3.05, 3.63) is 57.4 Å². The van der Waals surface area contributed by atoms with Crippen molar-refractivity contribution < 1.29 is 18.5 Å². The van der Waals surface area contributed by atoms with Crippen LogP contribution in [0.15, 0.2) is 45.9 Å². The van der Waals surface area contributed by atoms with Crippen molar-refractivity contribution in [2.24, 2.45) is 4.40 Å². The number of benzene rings is 1. The maximum Gasteiger partial charge on any atom is 0.276 e. The Morgan fingerprint density at radius 2 is 2.38 bits per heavy atom. The summed E-state index contributed by atoms with van der Waals surface area (Å²) in [5, 5.41) is 4.90. The number of ether oxygens (including phenoxy) is 1. The molecule has 2 aromatic rings. The lowest BCUT2D eigenvalue weighted by atomic mass is 10.2. The second kappa shape index (κ2) is 8.80. The summed E-state index contributed by atoms with van der Waals surface area (Å²) in [5.41, 5.74) is 0.854. The normalized spacial score (nSPS) is 21.7. The molecule has 0 bridgehead atoms. The number of amides is 1. The zero-order valence-electron chi connectivity index (χ0n) is 15.0. The molecule has 1 aromatic heterocycles. The van der Waals surface area contributed by atoms with Crippen LogP contribution in [0.1, 0.15) is 17.8 Å². The van der Waals surface area contributed by atoms with Gasteiger partial charge in [-0.15, -0.1) is 11.3 Å². The minimum Gasteiger partial charge on any atom is -0.566 e. The van der Waals surface area contributed by atoms with Gasteiger partial charge in [0.05, 0.1) is 17.7 Å². The summed E-state index contributed by atoms with van der Waals surface area (Å²) in [7, 11) is 0. The van der Waals surface area contributed by atoms with E-state index in [1.54, 1.807) is 17.7 Å². The van der Waals surface area contributed by atoms with Crippen LogP contribution in [0.3, 0.4) is 0 Å². The molecule has 2 unspecified atom stereocenters. The van der Waals surface area contributed by atoms with E-state index in [0.717, 1.165) is 18.9 Å². The van der Waals surface area contributed by atoms with Crippen molar-refractivity contribution >= 4 is 51.8 Å². The number of nitrogens with zero attached hydrogens (tertiary/aromatic N) is 3. The van der Waals surface area contributed by atoms with Crippen molar-refractivity contribution in [1.82, 2.24) is 9.29 Å². The number of halogens is 2. The Morgan fingerprint density at radius 1 is 1.52 bits per heavy atom. The van der Waals surface area contributed by atoms with Crippen LogP contribution in [0.4, 0.5) is 10.1 Å². The Morgan fingerprint density at radius 3 is 3.07 bits per heavy atom. The quantitative estimate of drug-likeness (QED) is 0.700. The lowest BCUT2D eigenvalue weighted by Gasteiger charge is -2.28. The van der Waals surface area contributed by atoms with E-state index in [1.165, 1.54) is 27.8 Å². The molecule has 152 valence electrons. The Bertz CT molecular complexity index is 964. The summed E-state index contributed by atoms with van der Waals surface area (Å²) in [6, 6.07) is 3.88. The van der Waals surface area contributed by atoms with Gasteiger partial charge in [-0.25, -0.2) is 9.37 Å². The van der Waals surface area contributed by atoms with E-state index in [2.05, 4.69) is 14.7 Å². The molecule has 0 spiro atoms. The van der Waals surface area contributed by atoms with Crippen LogP contribution in [-0.4, -0.2) is 44.7 Å². The molecule has 1 N–H and O–H groups in total. The number of thiazole rings is 1. The third-order valence-electron chi connectivity index (χ3n) is 4.36. The molecule has 2 aliphatic heterocycles. The monoisotopic (exact) mass is 454 g/mol. The zero-order valence-corrected chi connectivity index (χ0v) is 17.4.